The van der Waals surface area contributed by atoms with Crippen LogP contribution < -0.4 is 11.1 Å². The van der Waals surface area contributed by atoms with Gasteiger partial charge in [0.2, 0.25) is 5.91 Å². The summed E-state index contributed by atoms with van der Waals surface area (Å²) in [7, 11) is 0. The molecule has 1 aromatic heterocycles. The van der Waals surface area contributed by atoms with Gasteiger partial charge in [0.25, 0.3) is 5.91 Å². The lowest BCUT2D eigenvalue weighted by Crippen LogP contribution is -2.29. The van der Waals surface area contributed by atoms with Crippen LogP contribution in [0.25, 0.3) is 6.08 Å². The van der Waals surface area contributed by atoms with E-state index in [9.17, 15) is 9.59 Å². The molecule has 160 valence electrons. The predicted octanol–water partition coefficient (Wildman–Crippen LogP) is 6.35. The minimum atomic E-state index is -0.505. The number of halogens is 2. The molecule has 0 radical (unpaired) electrons. The summed E-state index contributed by atoms with van der Waals surface area (Å²) in [5.74, 6) is -0.327. The molecule has 0 spiro atoms. The van der Waals surface area contributed by atoms with Gasteiger partial charge in [-0.2, -0.15) is 0 Å². The van der Waals surface area contributed by atoms with Crippen LogP contribution in [-0.2, 0) is 17.6 Å². The van der Waals surface area contributed by atoms with Crippen LogP contribution in [-0.4, -0.2) is 11.8 Å². The summed E-state index contributed by atoms with van der Waals surface area (Å²) >= 11 is 13.7. The van der Waals surface area contributed by atoms with Gasteiger partial charge in [-0.1, -0.05) is 56.5 Å². The third-order valence-corrected chi connectivity index (χ3v) is 7.99. The smallest absolute Gasteiger partial charge is 0.251 e. The van der Waals surface area contributed by atoms with Gasteiger partial charge in [-0.05, 0) is 54.4 Å². The molecule has 1 aliphatic rings. The minimum Gasteiger partial charge on any atom is -0.365 e. The quantitative estimate of drug-likeness (QED) is 0.488. The fourth-order valence-corrected chi connectivity index (χ4v) is 5.73. The van der Waals surface area contributed by atoms with Crippen molar-refractivity contribution in [2.75, 3.05) is 5.32 Å². The van der Waals surface area contributed by atoms with E-state index < -0.39 is 5.91 Å². The van der Waals surface area contributed by atoms with E-state index in [1.165, 1.54) is 17.4 Å². The van der Waals surface area contributed by atoms with Gasteiger partial charge in [0.15, 0.2) is 0 Å². The molecule has 0 saturated carbocycles. The highest BCUT2D eigenvalue weighted by atomic mass is 35.5. The Balaban J connectivity index is 1.84. The highest BCUT2D eigenvalue weighted by molar-refractivity contribution is 7.17. The Morgan fingerprint density at radius 2 is 1.97 bits per heavy atom. The largest absolute Gasteiger partial charge is 0.365 e. The zero-order valence-electron chi connectivity index (χ0n) is 17.4. The van der Waals surface area contributed by atoms with Crippen molar-refractivity contribution >= 4 is 57.4 Å². The summed E-state index contributed by atoms with van der Waals surface area (Å²) in [5, 5.41) is 4.27. The fraction of sp³-hybridized carbons (Fsp3) is 0.391. The van der Waals surface area contributed by atoms with Crippen LogP contribution in [0.15, 0.2) is 24.3 Å². The highest BCUT2D eigenvalue weighted by Crippen LogP contribution is 2.45. The molecule has 2 amide bonds. The monoisotopic (exact) mass is 464 g/mol. The number of primary amides is 1. The predicted molar refractivity (Wildman–Crippen MR) is 127 cm³/mol. The van der Waals surface area contributed by atoms with Gasteiger partial charge >= 0.3 is 0 Å². The second kappa shape index (κ2) is 9.13. The molecule has 0 fully saturated rings. The molecule has 3 rings (SSSR count). The van der Waals surface area contributed by atoms with E-state index in [1.54, 1.807) is 24.3 Å². The van der Waals surface area contributed by atoms with Crippen molar-refractivity contribution in [2.45, 2.75) is 46.5 Å². The zero-order chi connectivity index (χ0) is 22.1. The van der Waals surface area contributed by atoms with Crippen LogP contribution in [0, 0.1) is 11.3 Å². The lowest BCUT2D eigenvalue weighted by atomic mass is 9.69. The number of carbonyl (C=O) groups is 2. The van der Waals surface area contributed by atoms with Crippen molar-refractivity contribution < 1.29 is 9.59 Å². The standard InChI is InChI=1S/C23H26Cl2N2O2S/c1-4-23(2,3)13-8-9-15-18(12-13)30-22(20(15)21(26)29)27-19(28)11-10-14-16(24)6-5-7-17(14)25/h5-7,10-11,13H,4,8-9,12H2,1-3H3,(H2,26,29)(H,27,28)/b11-10+. The van der Waals surface area contributed by atoms with Gasteiger partial charge < -0.3 is 11.1 Å². The number of benzene rings is 1. The summed E-state index contributed by atoms with van der Waals surface area (Å²) < 4.78 is 0. The summed E-state index contributed by atoms with van der Waals surface area (Å²) in [5.41, 5.74) is 7.91. The van der Waals surface area contributed by atoms with Gasteiger partial charge in [-0.15, -0.1) is 11.3 Å². The Kier molecular flexibility index (Phi) is 6.95. The van der Waals surface area contributed by atoms with Crippen LogP contribution in [0.3, 0.4) is 0 Å². The second-order valence-corrected chi connectivity index (χ2v) is 10.2. The van der Waals surface area contributed by atoms with Crippen LogP contribution in [0.5, 0.6) is 0 Å². The lowest BCUT2D eigenvalue weighted by molar-refractivity contribution is -0.111. The van der Waals surface area contributed by atoms with E-state index in [0.29, 0.717) is 32.1 Å². The van der Waals surface area contributed by atoms with Crippen molar-refractivity contribution in [2.24, 2.45) is 17.1 Å². The van der Waals surface area contributed by atoms with E-state index in [-0.39, 0.29) is 11.3 Å². The van der Waals surface area contributed by atoms with Crippen LogP contribution in [0.2, 0.25) is 10.0 Å². The van der Waals surface area contributed by atoms with Crippen molar-refractivity contribution in [3.63, 3.8) is 0 Å². The molecular formula is C23H26Cl2N2O2S. The van der Waals surface area contributed by atoms with Crippen LogP contribution in [0.4, 0.5) is 5.00 Å². The zero-order valence-corrected chi connectivity index (χ0v) is 19.7. The highest BCUT2D eigenvalue weighted by Gasteiger charge is 2.34. The summed E-state index contributed by atoms with van der Waals surface area (Å²) in [4.78, 5) is 25.8. The van der Waals surface area contributed by atoms with E-state index in [1.807, 2.05) is 0 Å². The number of nitrogens with one attached hydrogen (secondary N) is 1. The Bertz CT molecular complexity index is 991. The van der Waals surface area contributed by atoms with Crippen LogP contribution in [0.1, 0.15) is 60.0 Å². The van der Waals surface area contributed by atoms with Gasteiger partial charge in [-0.3, -0.25) is 9.59 Å². The number of thiophene rings is 1. The van der Waals surface area contributed by atoms with Gasteiger partial charge in [0.05, 0.1) is 5.56 Å². The number of nitrogens with two attached hydrogens (primary N) is 1. The van der Waals surface area contributed by atoms with Crippen molar-refractivity contribution in [3.8, 4) is 0 Å². The van der Waals surface area contributed by atoms with Crippen LogP contribution >= 0.6 is 34.5 Å². The van der Waals surface area contributed by atoms with Gasteiger partial charge in [-0.25, -0.2) is 0 Å². The fourth-order valence-electron chi connectivity index (χ4n) is 3.87. The normalized spacial score (nSPS) is 16.5. The number of carbonyl (C=O) groups excluding carboxylic acids is 2. The molecule has 1 heterocycles. The maximum atomic E-state index is 12.5. The first-order chi connectivity index (χ1) is 14.1. The van der Waals surface area contributed by atoms with E-state index in [0.717, 1.165) is 36.1 Å². The first kappa shape index (κ1) is 22.9. The van der Waals surface area contributed by atoms with E-state index in [2.05, 4.69) is 26.1 Å². The molecule has 3 N–H and O–H groups in total. The van der Waals surface area contributed by atoms with E-state index >= 15 is 0 Å². The number of rotatable bonds is 6. The molecule has 1 aliphatic carbocycles. The van der Waals surface area contributed by atoms with Gasteiger partial charge in [0.1, 0.15) is 5.00 Å². The Morgan fingerprint density at radius 1 is 1.30 bits per heavy atom. The van der Waals surface area contributed by atoms with E-state index in [4.69, 9.17) is 28.9 Å². The molecule has 2 aromatic rings. The third-order valence-electron chi connectivity index (χ3n) is 6.17. The molecule has 0 bridgehead atoms. The first-order valence-electron chi connectivity index (χ1n) is 10.0. The Morgan fingerprint density at radius 3 is 2.57 bits per heavy atom. The minimum absolute atomic E-state index is 0.231. The maximum absolute atomic E-state index is 12.5. The molecule has 1 unspecified atom stereocenters. The molecule has 30 heavy (non-hydrogen) atoms. The Labute approximate surface area is 191 Å². The third kappa shape index (κ3) is 4.74. The molecule has 0 saturated heterocycles. The molecule has 1 atom stereocenters. The first-order valence-corrected chi connectivity index (χ1v) is 11.6. The van der Waals surface area contributed by atoms with Crippen molar-refractivity contribution in [1.82, 2.24) is 0 Å². The number of anilines is 1. The molecular weight excluding hydrogens is 439 g/mol. The van der Waals surface area contributed by atoms with Crippen molar-refractivity contribution in [1.29, 1.82) is 0 Å². The van der Waals surface area contributed by atoms with Crippen molar-refractivity contribution in [3.05, 3.63) is 55.9 Å². The number of hydrogen-bond acceptors (Lipinski definition) is 3. The lowest BCUT2D eigenvalue weighted by Gasteiger charge is -2.36. The summed E-state index contributed by atoms with van der Waals surface area (Å²) in [6.07, 6.45) is 6.75. The topological polar surface area (TPSA) is 72.2 Å². The number of fused-ring (bicyclic) bond motifs is 1. The summed E-state index contributed by atoms with van der Waals surface area (Å²) in [6, 6.07) is 5.15. The number of amides is 2. The molecule has 7 heteroatoms. The summed E-state index contributed by atoms with van der Waals surface area (Å²) in [6.45, 7) is 6.79. The molecule has 4 nitrogen and oxygen atoms in total. The number of hydrogen-bond donors (Lipinski definition) is 2. The SMILES string of the molecule is CCC(C)(C)C1CCc2c(sc(NC(=O)/C=C/c3c(Cl)cccc3Cl)c2C(N)=O)C1. The van der Waals surface area contributed by atoms with Gasteiger partial charge in [0, 0.05) is 26.6 Å². The average Bonchev–Trinajstić information content (AvgIpc) is 3.04. The Hall–Kier alpha value is -1.82. The molecule has 1 aromatic carbocycles. The second-order valence-electron chi connectivity index (χ2n) is 8.31. The maximum Gasteiger partial charge on any atom is 0.251 e. The molecule has 0 aliphatic heterocycles. The average molecular weight is 465 g/mol.